The second-order valence-electron chi connectivity index (χ2n) is 5.85. The summed E-state index contributed by atoms with van der Waals surface area (Å²) in [6, 6.07) is 17.4. The number of hydrogen-bond acceptors (Lipinski definition) is 8. The maximum atomic E-state index is 12.4. The van der Waals surface area contributed by atoms with Crippen molar-refractivity contribution in [2.45, 2.75) is 15.0 Å². The number of hydrogen-bond donors (Lipinski definition) is 1. The molecule has 0 spiro atoms. The number of oxazole rings is 1. The quantitative estimate of drug-likeness (QED) is 0.402. The van der Waals surface area contributed by atoms with Crippen LogP contribution < -0.4 is 5.32 Å². The molecule has 0 unspecified atom stereocenters. The number of nitrogens with one attached hydrogen (secondary N) is 1. The Bertz CT molecular complexity index is 1070. The lowest BCUT2D eigenvalue weighted by Crippen LogP contribution is -2.14. The molecule has 2 aromatic heterocycles. The molecule has 2 heterocycles. The molecule has 29 heavy (non-hydrogen) atoms. The molecule has 0 aliphatic heterocycles. The molecule has 0 aliphatic rings. The number of carbonyl (C=O) groups is 1. The maximum Gasteiger partial charge on any atom is 0.234 e. The van der Waals surface area contributed by atoms with E-state index < -0.39 is 0 Å². The van der Waals surface area contributed by atoms with Crippen molar-refractivity contribution in [2.75, 3.05) is 11.1 Å². The van der Waals surface area contributed by atoms with Crippen LogP contribution in [0.3, 0.4) is 0 Å². The van der Waals surface area contributed by atoms with E-state index >= 15 is 0 Å². The van der Waals surface area contributed by atoms with Crippen molar-refractivity contribution >= 4 is 46.5 Å². The normalized spacial score (nSPS) is 10.8. The van der Waals surface area contributed by atoms with Gasteiger partial charge in [0.1, 0.15) is 11.8 Å². The smallest absolute Gasteiger partial charge is 0.234 e. The van der Waals surface area contributed by atoms with E-state index in [-0.39, 0.29) is 5.91 Å². The zero-order valence-corrected chi connectivity index (χ0v) is 17.6. The van der Waals surface area contributed by atoms with E-state index in [0.29, 0.717) is 17.4 Å². The summed E-state index contributed by atoms with van der Waals surface area (Å²) in [6.07, 6.45) is 1.64. The lowest BCUT2D eigenvalue weighted by atomic mass is 10.2. The van der Waals surface area contributed by atoms with Crippen molar-refractivity contribution in [3.05, 3.63) is 72.1 Å². The third-order valence-electron chi connectivity index (χ3n) is 3.75. The van der Waals surface area contributed by atoms with Gasteiger partial charge in [0.25, 0.3) is 0 Å². The summed E-state index contributed by atoms with van der Waals surface area (Å²) >= 11 is 4.44. The van der Waals surface area contributed by atoms with Crippen LogP contribution in [0.4, 0.5) is 5.69 Å². The molecular formula is C20H16N4O2S3. The number of aromatic nitrogens is 3. The molecule has 146 valence electrons. The van der Waals surface area contributed by atoms with Crippen LogP contribution >= 0.6 is 34.9 Å². The van der Waals surface area contributed by atoms with E-state index in [9.17, 15) is 4.79 Å². The van der Waals surface area contributed by atoms with E-state index in [1.54, 1.807) is 11.8 Å². The number of rotatable bonds is 8. The predicted molar refractivity (Wildman–Crippen MR) is 117 cm³/mol. The van der Waals surface area contributed by atoms with Gasteiger partial charge < -0.3 is 9.73 Å². The number of para-hydroxylation sites is 1. The highest BCUT2D eigenvalue weighted by Crippen LogP contribution is 2.34. The van der Waals surface area contributed by atoms with Crippen molar-refractivity contribution in [1.29, 1.82) is 0 Å². The summed E-state index contributed by atoms with van der Waals surface area (Å²) < 4.78 is 6.37. The average molecular weight is 441 g/mol. The Morgan fingerprint density at radius 1 is 1.10 bits per heavy atom. The van der Waals surface area contributed by atoms with Gasteiger partial charge in [0, 0.05) is 16.2 Å². The van der Waals surface area contributed by atoms with Gasteiger partial charge in [0.2, 0.25) is 11.8 Å². The van der Waals surface area contributed by atoms with Gasteiger partial charge in [-0.3, -0.25) is 4.79 Å². The van der Waals surface area contributed by atoms with E-state index in [0.717, 1.165) is 26.2 Å². The van der Waals surface area contributed by atoms with Gasteiger partial charge in [-0.05, 0) is 24.3 Å². The van der Waals surface area contributed by atoms with Crippen LogP contribution in [0.1, 0.15) is 5.69 Å². The van der Waals surface area contributed by atoms with Gasteiger partial charge in [-0.25, -0.2) is 4.98 Å². The van der Waals surface area contributed by atoms with Crippen molar-refractivity contribution in [3.63, 3.8) is 0 Å². The third kappa shape index (κ3) is 5.47. The first-order valence-corrected chi connectivity index (χ1v) is 11.5. The highest BCUT2D eigenvalue weighted by molar-refractivity contribution is 8.01. The topological polar surface area (TPSA) is 80.9 Å². The Morgan fingerprint density at radius 3 is 2.76 bits per heavy atom. The van der Waals surface area contributed by atoms with Crippen molar-refractivity contribution in [1.82, 2.24) is 15.2 Å². The van der Waals surface area contributed by atoms with Crippen LogP contribution in [-0.4, -0.2) is 26.8 Å². The molecule has 0 atom stereocenters. The first-order valence-electron chi connectivity index (χ1n) is 8.68. The van der Waals surface area contributed by atoms with Crippen molar-refractivity contribution in [2.24, 2.45) is 0 Å². The molecule has 6 nitrogen and oxygen atoms in total. The molecule has 1 N–H and O–H groups in total. The van der Waals surface area contributed by atoms with Gasteiger partial charge in [0.15, 0.2) is 4.34 Å². The van der Waals surface area contributed by atoms with Crippen LogP contribution in [0.5, 0.6) is 0 Å². The van der Waals surface area contributed by atoms with Crippen molar-refractivity contribution < 1.29 is 9.21 Å². The minimum absolute atomic E-state index is 0.0629. The lowest BCUT2D eigenvalue weighted by molar-refractivity contribution is -0.113. The van der Waals surface area contributed by atoms with Crippen LogP contribution in [0.25, 0.3) is 11.5 Å². The molecule has 4 aromatic rings. The maximum absolute atomic E-state index is 12.4. The fraction of sp³-hybridized carbons (Fsp3) is 0.100. The second kappa shape index (κ2) is 9.73. The highest BCUT2D eigenvalue weighted by Gasteiger charge is 2.11. The van der Waals surface area contributed by atoms with E-state index in [2.05, 4.69) is 20.5 Å². The van der Waals surface area contributed by atoms with Crippen LogP contribution in [0.15, 0.2) is 80.0 Å². The largest absolute Gasteiger partial charge is 0.444 e. The fourth-order valence-electron chi connectivity index (χ4n) is 2.48. The minimum atomic E-state index is -0.0629. The second-order valence-corrected chi connectivity index (χ2v) is 8.96. The molecule has 1 amide bonds. The van der Waals surface area contributed by atoms with Crippen LogP contribution in [-0.2, 0) is 10.5 Å². The summed E-state index contributed by atoms with van der Waals surface area (Å²) in [5.41, 5.74) is 4.21. The Balaban J connectivity index is 1.29. The summed E-state index contributed by atoms with van der Waals surface area (Å²) in [7, 11) is 0. The van der Waals surface area contributed by atoms with Gasteiger partial charge in [-0.1, -0.05) is 53.4 Å². The molecule has 0 bridgehead atoms. The Morgan fingerprint density at radius 2 is 1.93 bits per heavy atom. The Labute approximate surface area is 180 Å². The van der Waals surface area contributed by atoms with E-state index in [1.165, 1.54) is 34.9 Å². The number of benzene rings is 2. The molecule has 4 rings (SSSR count). The first kappa shape index (κ1) is 19.7. The molecule has 0 saturated carbocycles. The minimum Gasteiger partial charge on any atom is -0.444 e. The van der Waals surface area contributed by atoms with Crippen LogP contribution in [0, 0.1) is 0 Å². The Hall–Kier alpha value is -2.62. The molecule has 0 saturated heterocycles. The van der Waals surface area contributed by atoms with E-state index in [1.807, 2.05) is 54.6 Å². The van der Waals surface area contributed by atoms with Gasteiger partial charge in [0.05, 0.1) is 17.1 Å². The number of anilines is 1. The first-order chi connectivity index (χ1) is 14.3. The number of thioether (sulfide) groups is 1. The molecule has 0 radical (unpaired) electrons. The zero-order chi connectivity index (χ0) is 19.9. The predicted octanol–water partition coefficient (Wildman–Crippen LogP) is 5.22. The SMILES string of the molecule is O=C(CSCc1coc(-c2ccccc2)n1)Nc1ccccc1Sc1nncs1. The fourth-order valence-corrected chi connectivity index (χ4v) is 4.70. The summed E-state index contributed by atoms with van der Waals surface area (Å²) in [4.78, 5) is 17.8. The summed E-state index contributed by atoms with van der Waals surface area (Å²) in [5.74, 6) is 1.45. The number of carbonyl (C=O) groups excluding carboxylic acids is 1. The molecule has 9 heteroatoms. The van der Waals surface area contributed by atoms with Gasteiger partial charge in [-0.15, -0.1) is 22.0 Å². The van der Waals surface area contributed by atoms with Crippen molar-refractivity contribution in [3.8, 4) is 11.5 Å². The van der Waals surface area contributed by atoms with Gasteiger partial charge in [-0.2, -0.15) is 0 Å². The molecule has 0 aliphatic carbocycles. The summed E-state index contributed by atoms with van der Waals surface area (Å²) in [6.45, 7) is 0. The monoisotopic (exact) mass is 440 g/mol. The Kier molecular flexibility index (Phi) is 6.60. The van der Waals surface area contributed by atoms with Gasteiger partial charge >= 0.3 is 0 Å². The van der Waals surface area contributed by atoms with Crippen LogP contribution in [0.2, 0.25) is 0 Å². The molecule has 0 fully saturated rings. The lowest BCUT2D eigenvalue weighted by Gasteiger charge is -2.09. The zero-order valence-electron chi connectivity index (χ0n) is 15.1. The highest BCUT2D eigenvalue weighted by atomic mass is 32.2. The third-order valence-corrected chi connectivity index (χ3v) is 6.57. The molecular weight excluding hydrogens is 424 g/mol. The summed E-state index contributed by atoms with van der Waals surface area (Å²) in [5, 5.41) is 10.9. The average Bonchev–Trinajstić information content (AvgIpc) is 3.42. The van der Waals surface area contributed by atoms with E-state index in [4.69, 9.17) is 4.42 Å². The number of amides is 1. The standard InChI is InChI=1S/C20H16N4O2S3/c25-18(23-16-8-4-5-9-17(16)29-20-24-21-13-28-20)12-27-11-15-10-26-19(22-15)14-6-2-1-3-7-14/h1-10,13H,11-12H2,(H,23,25). The molecule has 2 aromatic carbocycles. The number of nitrogens with zero attached hydrogens (tertiary/aromatic N) is 3.